The molecular weight excluding hydrogens is 422 g/mol. The van der Waals surface area contributed by atoms with Crippen molar-refractivity contribution in [1.82, 2.24) is 0 Å². The number of ether oxygens (including phenoxy) is 1. The molecule has 1 aliphatic heterocycles. The number of nitrogens with zero attached hydrogens (tertiary/aromatic N) is 1. The van der Waals surface area contributed by atoms with Crippen LogP contribution in [0.25, 0.3) is 6.08 Å². The van der Waals surface area contributed by atoms with Crippen LogP contribution in [-0.4, -0.2) is 10.2 Å². The normalized spacial score (nSPS) is 15.1. The average Bonchev–Trinajstić information content (AvgIpc) is 3.02. The van der Waals surface area contributed by atoms with Crippen LogP contribution >= 0.6 is 24.0 Å². The first-order valence-corrected chi connectivity index (χ1v) is 11.3. The molecule has 1 heterocycles. The van der Waals surface area contributed by atoms with Gasteiger partial charge in [-0.2, -0.15) is 0 Å². The first-order chi connectivity index (χ1) is 14.9. The van der Waals surface area contributed by atoms with Gasteiger partial charge in [-0.15, -0.1) is 0 Å². The van der Waals surface area contributed by atoms with Crippen LogP contribution in [0.15, 0.2) is 71.6 Å². The van der Waals surface area contributed by atoms with Crippen LogP contribution in [0.2, 0.25) is 0 Å². The number of anilines is 1. The standard InChI is InChI=1S/C26H23NO2S2/c1-17-4-7-21(8-5-17)16-29-22-11-9-20(10-12-22)15-24-25(28)27(26(30)31-24)23-13-6-18(2)14-19(23)3/h4-15H,16H2,1-3H3/b24-15-. The summed E-state index contributed by atoms with van der Waals surface area (Å²) in [6.45, 7) is 6.63. The predicted molar refractivity (Wildman–Crippen MR) is 134 cm³/mol. The Labute approximate surface area is 192 Å². The van der Waals surface area contributed by atoms with Crippen molar-refractivity contribution in [2.75, 3.05) is 4.90 Å². The topological polar surface area (TPSA) is 29.5 Å². The summed E-state index contributed by atoms with van der Waals surface area (Å²) in [5.41, 5.74) is 6.33. The van der Waals surface area contributed by atoms with Crippen molar-refractivity contribution in [2.24, 2.45) is 0 Å². The number of hydrogen-bond donors (Lipinski definition) is 0. The van der Waals surface area contributed by atoms with Gasteiger partial charge in [-0.1, -0.05) is 83.6 Å². The lowest BCUT2D eigenvalue weighted by Crippen LogP contribution is -2.28. The number of amides is 1. The summed E-state index contributed by atoms with van der Waals surface area (Å²) in [6.07, 6.45) is 1.88. The molecule has 1 aliphatic rings. The molecule has 156 valence electrons. The second-order valence-corrected chi connectivity index (χ2v) is 9.33. The van der Waals surface area contributed by atoms with Crippen LogP contribution in [-0.2, 0) is 11.4 Å². The first-order valence-electron chi connectivity index (χ1n) is 10.0. The SMILES string of the molecule is Cc1ccc(COc2ccc(/C=C3\SC(=S)N(c4ccc(C)cc4C)C3=O)cc2)cc1. The lowest BCUT2D eigenvalue weighted by molar-refractivity contribution is -0.113. The van der Waals surface area contributed by atoms with Crippen molar-refractivity contribution in [2.45, 2.75) is 27.4 Å². The van der Waals surface area contributed by atoms with Crippen molar-refractivity contribution >= 4 is 46.0 Å². The second-order valence-electron chi connectivity index (χ2n) is 7.65. The fourth-order valence-electron chi connectivity index (χ4n) is 3.39. The summed E-state index contributed by atoms with van der Waals surface area (Å²) in [6, 6.07) is 22.1. The van der Waals surface area contributed by atoms with E-state index in [4.69, 9.17) is 17.0 Å². The molecule has 0 aliphatic carbocycles. The van der Waals surface area contributed by atoms with Gasteiger partial charge in [0.1, 0.15) is 12.4 Å². The zero-order valence-electron chi connectivity index (χ0n) is 17.7. The van der Waals surface area contributed by atoms with Crippen molar-refractivity contribution < 1.29 is 9.53 Å². The van der Waals surface area contributed by atoms with E-state index in [2.05, 4.69) is 37.3 Å². The molecule has 0 saturated carbocycles. The van der Waals surface area contributed by atoms with E-state index in [1.807, 2.05) is 56.3 Å². The number of hydrogen-bond acceptors (Lipinski definition) is 4. The largest absolute Gasteiger partial charge is 0.489 e. The summed E-state index contributed by atoms with van der Waals surface area (Å²) < 4.78 is 6.43. The van der Waals surface area contributed by atoms with Gasteiger partial charge in [-0.3, -0.25) is 9.69 Å². The lowest BCUT2D eigenvalue weighted by Gasteiger charge is -2.17. The first kappa shape index (κ1) is 21.3. The molecule has 1 saturated heterocycles. The minimum atomic E-state index is -0.0818. The quantitative estimate of drug-likeness (QED) is 0.327. The molecule has 0 aromatic heterocycles. The molecule has 0 radical (unpaired) electrons. The Morgan fingerprint density at radius 1 is 0.935 bits per heavy atom. The highest BCUT2D eigenvalue weighted by molar-refractivity contribution is 8.27. The second kappa shape index (κ2) is 9.08. The summed E-state index contributed by atoms with van der Waals surface area (Å²) in [4.78, 5) is 15.3. The van der Waals surface area contributed by atoms with E-state index in [0.29, 0.717) is 15.8 Å². The molecule has 0 unspecified atom stereocenters. The molecule has 1 amide bonds. The van der Waals surface area contributed by atoms with Crippen molar-refractivity contribution in [3.8, 4) is 5.75 Å². The monoisotopic (exact) mass is 445 g/mol. The highest BCUT2D eigenvalue weighted by atomic mass is 32.2. The van der Waals surface area contributed by atoms with Gasteiger partial charge < -0.3 is 4.74 Å². The minimum Gasteiger partial charge on any atom is -0.489 e. The molecule has 5 heteroatoms. The van der Waals surface area contributed by atoms with E-state index in [1.54, 1.807) is 4.90 Å². The maximum atomic E-state index is 13.0. The molecular formula is C26H23NO2S2. The van der Waals surface area contributed by atoms with Gasteiger partial charge in [0.25, 0.3) is 5.91 Å². The zero-order chi connectivity index (χ0) is 22.0. The van der Waals surface area contributed by atoms with Crippen LogP contribution in [0.1, 0.15) is 27.8 Å². The van der Waals surface area contributed by atoms with Crippen molar-refractivity contribution in [3.63, 3.8) is 0 Å². The Morgan fingerprint density at radius 2 is 1.61 bits per heavy atom. The van der Waals surface area contributed by atoms with Crippen LogP contribution in [0.3, 0.4) is 0 Å². The maximum absolute atomic E-state index is 13.0. The number of thioether (sulfide) groups is 1. The Bertz CT molecular complexity index is 1170. The number of carbonyl (C=O) groups excluding carboxylic acids is 1. The highest BCUT2D eigenvalue weighted by Crippen LogP contribution is 2.37. The smallest absolute Gasteiger partial charge is 0.270 e. The van der Waals surface area contributed by atoms with E-state index in [-0.39, 0.29) is 5.91 Å². The molecule has 0 bridgehead atoms. The fraction of sp³-hybridized carbons (Fsp3) is 0.154. The summed E-state index contributed by atoms with van der Waals surface area (Å²) in [5, 5.41) is 0. The summed E-state index contributed by atoms with van der Waals surface area (Å²) in [7, 11) is 0. The van der Waals surface area contributed by atoms with Gasteiger partial charge in [0.15, 0.2) is 4.32 Å². The number of aryl methyl sites for hydroxylation is 3. The van der Waals surface area contributed by atoms with Crippen LogP contribution < -0.4 is 9.64 Å². The predicted octanol–water partition coefficient (Wildman–Crippen LogP) is 6.60. The average molecular weight is 446 g/mol. The Kier molecular flexibility index (Phi) is 6.25. The van der Waals surface area contributed by atoms with Crippen molar-refractivity contribution in [1.29, 1.82) is 0 Å². The van der Waals surface area contributed by atoms with Crippen LogP contribution in [0.5, 0.6) is 5.75 Å². The number of thiocarbonyl (C=S) groups is 1. The Balaban J connectivity index is 1.46. The van der Waals surface area contributed by atoms with Crippen LogP contribution in [0, 0.1) is 20.8 Å². The number of rotatable bonds is 5. The fourth-order valence-corrected chi connectivity index (χ4v) is 4.68. The van der Waals surface area contributed by atoms with Gasteiger partial charge in [-0.05, 0) is 61.7 Å². The minimum absolute atomic E-state index is 0.0818. The van der Waals surface area contributed by atoms with Crippen LogP contribution in [0.4, 0.5) is 5.69 Å². The van der Waals surface area contributed by atoms with Gasteiger partial charge in [0.2, 0.25) is 0 Å². The van der Waals surface area contributed by atoms with E-state index < -0.39 is 0 Å². The highest BCUT2D eigenvalue weighted by Gasteiger charge is 2.34. The molecule has 3 aromatic carbocycles. The molecule has 3 nitrogen and oxygen atoms in total. The third-order valence-corrected chi connectivity index (χ3v) is 6.39. The summed E-state index contributed by atoms with van der Waals surface area (Å²) in [5.74, 6) is 0.710. The van der Waals surface area contributed by atoms with E-state index >= 15 is 0 Å². The van der Waals surface area contributed by atoms with E-state index in [0.717, 1.165) is 33.7 Å². The number of carbonyl (C=O) groups is 1. The van der Waals surface area contributed by atoms with E-state index in [1.165, 1.54) is 17.3 Å². The third-order valence-electron chi connectivity index (χ3n) is 5.09. The Hall–Kier alpha value is -2.89. The van der Waals surface area contributed by atoms with Gasteiger partial charge in [-0.25, -0.2) is 0 Å². The molecule has 0 spiro atoms. The van der Waals surface area contributed by atoms with Gasteiger partial charge in [0.05, 0.1) is 10.6 Å². The Morgan fingerprint density at radius 3 is 2.29 bits per heavy atom. The van der Waals surface area contributed by atoms with Gasteiger partial charge in [0, 0.05) is 0 Å². The maximum Gasteiger partial charge on any atom is 0.270 e. The van der Waals surface area contributed by atoms with E-state index in [9.17, 15) is 4.79 Å². The molecule has 31 heavy (non-hydrogen) atoms. The molecule has 3 aromatic rings. The molecule has 4 rings (SSSR count). The zero-order valence-corrected chi connectivity index (χ0v) is 19.3. The lowest BCUT2D eigenvalue weighted by atomic mass is 10.1. The molecule has 1 fully saturated rings. The summed E-state index contributed by atoms with van der Waals surface area (Å²) >= 11 is 6.84. The number of benzene rings is 3. The molecule has 0 N–H and O–H groups in total. The third kappa shape index (κ3) is 4.89. The molecule has 0 atom stereocenters. The van der Waals surface area contributed by atoms with Crippen molar-refractivity contribution in [3.05, 3.63) is 99.5 Å². The van der Waals surface area contributed by atoms with Gasteiger partial charge >= 0.3 is 0 Å².